The molecule has 0 saturated carbocycles. The van der Waals surface area contributed by atoms with Crippen LogP contribution in [0.4, 0.5) is 34.1 Å². The molecule has 0 saturated heterocycles. The first-order valence-electron chi connectivity index (χ1n) is 37.6. The molecule has 0 N–H and O–H groups in total. The molecule has 0 aliphatic carbocycles. The average Bonchev–Trinajstić information content (AvgIpc) is 0.674. The van der Waals surface area contributed by atoms with Crippen LogP contribution < -0.4 is 52.1 Å². The van der Waals surface area contributed by atoms with E-state index in [0.29, 0.717) is 0 Å². The monoisotopic (exact) mass is 1380 g/mol. The van der Waals surface area contributed by atoms with Crippen LogP contribution in [0.1, 0.15) is 26.3 Å². The summed E-state index contributed by atoms with van der Waals surface area (Å²) < 4.78 is 16.5. The molecular formula is C102H70B2N2O2. The standard InChI is InChI=1S/C102H70B2N2O2/c1-102(2,3)76-62-90-95-91(63-76)106(99-80(70-41-21-9-22-42-70)51-30-52-81(99)71-43-23-10-24-44-71)92-64-94-97-101(96(92)104(95)86-55-53-73(66-33-13-5-14-34-66)61-89(86)105(90)98-78(68-37-17-7-18-38-68)49-29-50-79(98)69-39-19-8-20-40-69)107-93-56-54-72(65-31-11-4-12-32-65)59-87(93)103(97)88-60-75(67-35-15-6-16-36-67)58-85(100(88)108-94)84-57-74-45-25-26-46-77(74)82-47-27-28-48-83(82)84/h4-64H,1-3H3. The lowest BCUT2D eigenvalue weighted by atomic mass is 9.30. The van der Waals surface area contributed by atoms with Crippen LogP contribution in [-0.4, -0.2) is 13.4 Å². The summed E-state index contributed by atoms with van der Waals surface area (Å²) in [6.45, 7) is 6.31. The smallest absolute Gasteiger partial charge is 0.260 e. The molecule has 4 heterocycles. The Hall–Kier alpha value is -13.4. The van der Waals surface area contributed by atoms with Gasteiger partial charge in [-0.3, -0.25) is 0 Å². The zero-order valence-electron chi connectivity index (χ0n) is 60.1. The van der Waals surface area contributed by atoms with Crippen molar-refractivity contribution in [3.8, 4) is 112 Å². The lowest BCUT2D eigenvalue weighted by molar-refractivity contribution is 0.468. The van der Waals surface area contributed by atoms with Crippen LogP contribution in [0.15, 0.2) is 370 Å². The molecule has 0 amide bonds. The molecule has 0 fully saturated rings. The molecule has 4 aliphatic heterocycles. The van der Waals surface area contributed by atoms with E-state index in [2.05, 4.69) is 401 Å². The Kier molecular flexibility index (Phi) is 14.7. The van der Waals surface area contributed by atoms with E-state index in [9.17, 15) is 0 Å². The van der Waals surface area contributed by atoms with Gasteiger partial charge in [0.05, 0.1) is 11.4 Å². The van der Waals surface area contributed by atoms with Gasteiger partial charge in [-0.15, -0.1) is 0 Å². The third kappa shape index (κ3) is 10.2. The topological polar surface area (TPSA) is 24.9 Å². The average molecular weight is 1380 g/mol. The van der Waals surface area contributed by atoms with Crippen LogP contribution in [0, 0.1) is 0 Å². The highest BCUT2D eigenvalue weighted by Crippen LogP contribution is 2.56. The number of ether oxygens (including phenoxy) is 2. The minimum Gasteiger partial charge on any atom is -0.459 e. The van der Waals surface area contributed by atoms with Gasteiger partial charge in [0, 0.05) is 62.1 Å². The van der Waals surface area contributed by atoms with Crippen molar-refractivity contribution in [2.75, 3.05) is 9.80 Å². The van der Waals surface area contributed by atoms with Gasteiger partial charge in [0.25, 0.3) is 13.4 Å². The largest absolute Gasteiger partial charge is 0.459 e. The first kappa shape index (κ1) is 63.1. The Bertz CT molecular complexity index is 6350. The van der Waals surface area contributed by atoms with E-state index < -0.39 is 6.71 Å². The molecule has 108 heavy (non-hydrogen) atoms. The van der Waals surface area contributed by atoms with Gasteiger partial charge < -0.3 is 19.3 Å². The molecule has 6 heteroatoms. The van der Waals surface area contributed by atoms with E-state index in [-0.39, 0.29) is 12.1 Å². The predicted octanol–water partition coefficient (Wildman–Crippen LogP) is 23.4. The van der Waals surface area contributed by atoms with Crippen molar-refractivity contribution in [1.29, 1.82) is 0 Å². The quantitative estimate of drug-likeness (QED) is 0.101. The van der Waals surface area contributed by atoms with Crippen molar-refractivity contribution in [2.24, 2.45) is 0 Å². The van der Waals surface area contributed by atoms with E-state index in [1.54, 1.807) is 0 Å². The fraction of sp³-hybridized carbons (Fsp3) is 0.0392. The lowest BCUT2D eigenvalue weighted by Gasteiger charge is -2.48. The summed E-state index contributed by atoms with van der Waals surface area (Å²) in [5.41, 5.74) is 31.5. The number of nitrogens with zero attached hydrogens (tertiary/aromatic N) is 2. The summed E-state index contributed by atoms with van der Waals surface area (Å²) in [6.07, 6.45) is 0. The van der Waals surface area contributed by atoms with Gasteiger partial charge in [0.2, 0.25) is 0 Å². The SMILES string of the molecule is CC(C)(C)c1cc2c3c(c1)N(c1c(-c4ccccc4)cccc1-c1ccccc1)c1cc4c5c(c1B3c1ccc(-c3ccccc3)cc1N2c1c(-c2ccccc2)cccc1-c1ccccc1)Oc1ccc(-c2ccccc2)cc1B5c1cc(-c2ccccc2)cc(-c2cc3ccccc3c3ccccc23)c1O4. The van der Waals surface area contributed by atoms with Crippen LogP contribution in [0.2, 0.25) is 0 Å². The van der Waals surface area contributed by atoms with Gasteiger partial charge in [0.1, 0.15) is 23.0 Å². The molecule has 17 aromatic carbocycles. The van der Waals surface area contributed by atoms with Crippen LogP contribution >= 0.6 is 0 Å². The van der Waals surface area contributed by atoms with Gasteiger partial charge in [-0.05, 0) is 157 Å². The van der Waals surface area contributed by atoms with E-state index in [1.165, 1.54) is 27.2 Å². The van der Waals surface area contributed by atoms with Crippen molar-refractivity contribution >= 4 is 102 Å². The molecule has 4 aliphatic rings. The molecule has 0 unspecified atom stereocenters. The molecule has 0 spiro atoms. The Morgan fingerprint density at radius 1 is 0.241 bits per heavy atom. The number of rotatable bonds is 10. The number of hydrogen-bond donors (Lipinski definition) is 0. The number of fused-ring (bicyclic) bond motifs is 12. The molecule has 0 aromatic heterocycles. The minimum absolute atomic E-state index is 0.359. The Morgan fingerprint density at radius 2 is 0.667 bits per heavy atom. The van der Waals surface area contributed by atoms with E-state index in [4.69, 9.17) is 9.47 Å². The molecule has 0 atom stereocenters. The summed E-state index contributed by atoms with van der Waals surface area (Å²) in [7, 11) is 0. The number of para-hydroxylation sites is 2. The molecule has 21 rings (SSSR count). The van der Waals surface area contributed by atoms with Gasteiger partial charge in [-0.25, -0.2) is 0 Å². The third-order valence-electron chi connectivity index (χ3n) is 22.9. The normalized spacial score (nSPS) is 12.8. The zero-order chi connectivity index (χ0) is 71.7. The first-order valence-corrected chi connectivity index (χ1v) is 37.6. The zero-order valence-corrected chi connectivity index (χ0v) is 60.1. The Morgan fingerprint density at radius 3 is 1.19 bits per heavy atom. The molecule has 0 radical (unpaired) electrons. The van der Waals surface area contributed by atoms with E-state index >= 15 is 0 Å². The number of anilines is 6. The Labute approximate surface area is 630 Å². The second-order valence-electron chi connectivity index (χ2n) is 30.1. The highest BCUT2D eigenvalue weighted by molar-refractivity contribution is 7.03. The Balaban J connectivity index is 0.940. The highest BCUT2D eigenvalue weighted by Gasteiger charge is 2.52. The summed E-state index contributed by atoms with van der Waals surface area (Å²) in [5, 5.41) is 4.73. The maximum absolute atomic E-state index is 8.25. The maximum atomic E-state index is 8.25. The fourth-order valence-electron chi connectivity index (χ4n) is 17.9. The molecule has 0 bridgehead atoms. The van der Waals surface area contributed by atoms with Crippen LogP contribution in [0.3, 0.4) is 0 Å². The first-order chi connectivity index (χ1) is 53.2. The number of benzene rings is 17. The second kappa shape index (κ2) is 25.2. The summed E-state index contributed by atoms with van der Waals surface area (Å²) >= 11 is 0. The summed E-state index contributed by atoms with van der Waals surface area (Å²) in [5.74, 6) is 3.17. The maximum Gasteiger partial charge on any atom is 0.260 e. The fourth-order valence-corrected chi connectivity index (χ4v) is 17.9. The van der Waals surface area contributed by atoms with Crippen molar-refractivity contribution in [3.05, 3.63) is 376 Å². The lowest BCUT2D eigenvalue weighted by Crippen LogP contribution is -2.65. The molecule has 506 valence electrons. The van der Waals surface area contributed by atoms with Crippen molar-refractivity contribution < 1.29 is 9.47 Å². The van der Waals surface area contributed by atoms with Crippen LogP contribution in [0.5, 0.6) is 23.0 Å². The van der Waals surface area contributed by atoms with Gasteiger partial charge in [-0.1, -0.05) is 348 Å². The molecule has 17 aromatic rings. The highest BCUT2D eigenvalue weighted by atomic mass is 16.5. The van der Waals surface area contributed by atoms with Gasteiger partial charge in [-0.2, -0.15) is 0 Å². The van der Waals surface area contributed by atoms with E-state index in [0.717, 1.165) is 179 Å². The predicted molar refractivity (Wildman–Crippen MR) is 455 cm³/mol. The summed E-state index contributed by atoms with van der Waals surface area (Å²) in [6, 6.07) is 137. The van der Waals surface area contributed by atoms with Gasteiger partial charge in [0.15, 0.2) is 0 Å². The molecular weight excluding hydrogens is 1310 g/mol. The van der Waals surface area contributed by atoms with Crippen molar-refractivity contribution in [1.82, 2.24) is 0 Å². The third-order valence-corrected chi connectivity index (χ3v) is 22.9. The molecule has 4 nitrogen and oxygen atoms in total. The number of hydrogen-bond acceptors (Lipinski definition) is 4. The minimum atomic E-state index is -0.415. The van der Waals surface area contributed by atoms with Crippen molar-refractivity contribution in [2.45, 2.75) is 26.2 Å². The van der Waals surface area contributed by atoms with Gasteiger partial charge >= 0.3 is 0 Å². The van der Waals surface area contributed by atoms with E-state index in [1.807, 2.05) is 0 Å². The van der Waals surface area contributed by atoms with Crippen LogP contribution in [0.25, 0.3) is 111 Å². The van der Waals surface area contributed by atoms with Crippen LogP contribution in [-0.2, 0) is 5.41 Å². The summed E-state index contributed by atoms with van der Waals surface area (Å²) in [4.78, 5) is 5.31. The van der Waals surface area contributed by atoms with Crippen molar-refractivity contribution in [3.63, 3.8) is 0 Å². The second-order valence-corrected chi connectivity index (χ2v) is 30.1.